The van der Waals surface area contributed by atoms with Gasteiger partial charge in [0.25, 0.3) is 0 Å². The Bertz CT molecular complexity index is 471. The highest BCUT2D eigenvalue weighted by molar-refractivity contribution is 7.17. The minimum Gasteiger partial charge on any atom is -0.477 e. The molecule has 0 aliphatic heterocycles. The topological polar surface area (TPSA) is 88.5 Å². The number of aromatic nitrogens is 1. The zero-order valence-electron chi connectivity index (χ0n) is 8.87. The smallest absolute Gasteiger partial charge is 0.471 e. The predicted octanol–water partition coefficient (Wildman–Crippen LogP) is 1.49. The Morgan fingerprint density at radius 3 is 2.56 bits per heavy atom. The number of rotatable bonds is 4. The Balaban J connectivity index is 2.95. The highest BCUT2D eigenvalue weighted by Gasteiger charge is 2.39. The van der Waals surface area contributed by atoms with Gasteiger partial charge in [-0.2, -0.15) is 13.2 Å². The van der Waals surface area contributed by atoms with E-state index in [1.165, 1.54) is 12.4 Å². The summed E-state index contributed by atoms with van der Waals surface area (Å²) in [6.07, 6.45) is -5.06. The molecule has 2 N–H and O–H groups in total. The van der Waals surface area contributed by atoms with E-state index < -0.39 is 23.2 Å². The molecule has 0 aliphatic rings. The van der Waals surface area contributed by atoms with Crippen molar-refractivity contribution in [1.82, 2.24) is 4.98 Å². The quantitative estimate of drug-likeness (QED) is 0.874. The van der Waals surface area contributed by atoms with Gasteiger partial charge in [0.15, 0.2) is 5.13 Å². The van der Waals surface area contributed by atoms with E-state index in [9.17, 15) is 22.8 Å². The first kappa shape index (κ1) is 14.4. The number of nitrogens with zero attached hydrogens (tertiary/aromatic N) is 1. The maximum Gasteiger partial charge on any atom is 0.471 e. The molecular weight excluding hydrogens is 277 g/mol. The second-order valence-corrected chi connectivity index (χ2v) is 3.98. The van der Waals surface area contributed by atoms with Gasteiger partial charge < -0.3 is 9.84 Å². The molecule has 6 nitrogen and oxygen atoms in total. The fraction of sp³-hybridized carbons (Fsp3) is 0.375. The summed E-state index contributed by atoms with van der Waals surface area (Å²) >= 11 is 0.429. The molecule has 1 heterocycles. The molecular formula is C8H7F3N2O4S. The van der Waals surface area contributed by atoms with Crippen molar-refractivity contribution in [2.24, 2.45) is 0 Å². The summed E-state index contributed by atoms with van der Waals surface area (Å²) < 4.78 is 40.6. The first-order chi connectivity index (χ1) is 8.25. The third-order valence-electron chi connectivity index (χ3n) is 1.65. The first-order valence-electron chi connectivity index (χ1n) is 4.35. The monoisotopic (exact) mass is 284 g/mol. The molecule has 0 aliphatic carbocycles. The van der Waals surface area contributed by atoms with Crippen molar-refractivity contribution in [3.05, 3.63) is 10.6 Å². The van der Waals surface area contributed by atoms with E-state index in [2.05, 4.69) is 9.72 Å². The number of hydrogen-bond acceptors (Lipinski definition) is 5. The number of thiazole rings is 1. The van der Waals surface area contributed by atoms with Crippen LogP contribution < -0.4 is 5.32 Å². The van der Waals surface area contributed by atoms with Gasteiger partial charge in [0.1, 0.15) is 4.88 Å². The molecule has 0 bridgehead atoms. The first-order valence-corrected chi connectivity index (χ1v) is 5.17. The van der Waals surface area contributed by atoms with Crippen LogP contribution in [0.25, 0.3) is 0 Å². The van der Waals surface area contributed by atoms with E-state index in [0.717, 1.165) is 0 Å². The number of carboxylic acids is 1. The molecule has 0 aromatic carbocycles. The molecule has 18 heavy (non-hydrogen) atoms. The van der Waals surface area contributed by atoms with Crippen molar-refractivity contribution in [2.45, 2.75) is 12.8 Å². The van der Waals surface area contributed by atoms with Crippen molar-refractivity contribution >= 4 is 28.3 Å². The van der Waals surface area contributed by atoms with Gasteiger partial charge in [-0.15, -0.1) is 0 Å². The van der Waals surface area contributed by atoms with Crippen molar-refractivity contribution < 1.29 is 32.6 Å². The summed E-state index contributed by atoms with van der Waals surface area (Å²) in [7, 11) is 1.28. The molecule has 1 amide bonds. The minimum atomic E-state index is -5.06. The van der Waals surface area contributed by atoms with Crippen LogP contribution in [-0.4, -0.2) is 35.3 Å². The molecule has 0 fully saturated rings. The lowest BCUT2D eigenvalue weighted by Crippen LogP contribution is -2.29. The number of hydrogen-bond donors (Lipinski definition) is 2. The summed E-state index contributed by atoms with van der Waals surface area (Å²) in [5.74, 6) is -3.57. The Kier molecular flexibility index (Phi) is 4.24. The maximum atomic E-state index is 12.0. The number of carboxylic acid groups (broad SMARTS) is 1. The Hall–Kier alpha value is -1.68. The highest BCUT2D eigenvalue weighted by atomic mass is 32.1. The van der Waals surface area contributed by atoms with E-state index in [4.69, 9.17) is 5.11 Å². The molecule has 0 spiro atoms. The van der Waals surface area contributed by atoms with Gasteiger partial charge in [0, 0.05) is 7.11 Å². The van der Waals surface area contributed by atoms with Gasteiger partial charge in [0.2, 0.25) is 0 Å². The van der Waals surface area contributed by atoms with Gasteiger partial charge in [0.05, 0.1) is 12.3 Å². The lowest BCUT2D eigenvalue weighted by atomic mass is 10.4. The fourth-order valence-corrected chi connectivity index (χ4v) is 1.78. The Labute approximate surface area is 102 Å². The lowest BCUT2D eigenvalue weighted by molar-refractivity contribution is -0.167. The lowest BCUT2D eigenvalue weighted by Gasteiger charge is -2.04. The number of alkyl halides is 3. The van der Waals surface area contributed by atoms with E-state index in [0.29, 0.717) is 11.3 Å². The molecule has 0 unspecified atom stereocenters. The Morgan fingerprint density at radius 2 is 2.11 bits per heavy atom. The second kappa shape index (κ2) is 5.31. The van der Waals surface area contributed by atoms with Crippen LogP contribution in [0.2, 0.25) is 0 Å². The van der Waals surface area contributed by atoms with Crippen molar-refractivity contribution in [3.8, 4) is 0 Å². The number of amides is 1. The molecule has 10 heteroatoms. The standard InChI is InChI=1S/C8H7F3N2O4S/c1-17-2-3-4(5(14)15)18-7(12-3)13-6(16)8(9,10)11/h2H2,1H3,(H,14,15)(H,12,13,16). The van der Waals surface area contributed by atoms with Gasteiger partial charge >= 0.3 is 18.1 Å². The summed E-state index contributed by atoms with van der Waals surface area (Å²) in [5, 5.41) is 9.82. The number of ether oxygens (including phenoxy) is 1. The summed E-state index contributed by atoms with van der Waals surface area (Å²) in [6, 6.07) is 0. The number of nitrogens with one attached hydrogen (secondary N) is 1. The van der Waals surface area contributed by atoms with E-state index in [1.807, 2.05) is 0 Å². The van der Waals surface area contributed by atoms with E-state index in [-0.39, 0.29) is 17.2 Å². The van der Waals surface area contributed by atoms with Crippen molar-refractivity contribution in [3.63, 3.8) is 0 Å². The normalized spacial score (nSPS) is 11.3. The maximum absolute atomic E-state index is 12.0. The van der Waals surface area contributed by atoms with E-state index >= 15 is 0 Å². The zero-order valence-corrected chi connectivity index (χ0v) is 9.68. The summed E-state index contributed by atoms with van der Waals surface area (Å²) in [6.45, 7) is -0.181. The van der Waals surface area contributed by atoms with Crippen LogP contribution >= 0.6 is 11.3 Å². The third-order valence-corrected chi connectivity index (χ3v) is 2.65. The van der Waals surface area contributed by atoms with Crippen LogP contribution in [0.4, 0.5) is 18.3 Å². The zero-order chi connectivity index (χ0) is 13.9. The molecule has 0 radical (unpaired) electrons. The minimum absolute atomic E-state index is 0.0486. The fourth-order valence-electron chi connectivity index (χ4n) is 0.975. The molecule has 1 aromatic rings. The van der Waals surface area contributed by atoms with Crippen LogP contribution in [0, 0.1) is 0 Å². The highest BCUT2D eigenvalue weighted by Crippen LogP contribution is 2.25. The number of carbonyl (C=O) groups is 2. The van der Waals surface area contributed by atoms with Crippen LogP contribution in [0.1, 0.15) is 15.4 Å². The SMILES string of the molecule is COCc1nc(NC(=O)C(F)(F)F)sc1C(=O)O. The molecule has 0 saturated heterocycles. The van der Waals surface area contributed by atoms with Crippen molar-refractivity contribution in [1.29, 1.82) is 0 Å². The predicted molar refractivity (Wildman–Crippen MR) is 54.5 cm³/mol. The van der Waals surface area contributed by atoms with Crippen LogP contribution in [-0.2, 0) is 16.1 Å². The number of carbonyl (C=O) groups excluding carboxylic acids is 1. The number of aromatic carboxylic acids is 1. The Morgan fingerprint density at radius 1 is 1.50 bits per heavy atom. The molecule has 0 atom stereocenters. The number of halogens is 3. The number of methoxy groups -OCH3 is 1. The molecule has 0 saturated carbocycles. The van der Waals surface area contributed by atoms with Gasteiger partial charge in [-0.1, -0.05) is 11.3 Å². The van der Waals surface area contributed by atoms with Gasteiger partial charge in [-0.25, -0.2) is 9.78 Å². The molecule has 1 rings (SSSR count). The van der Waals surface area contributed by atoms with Crippen LogP contribution in [0.5, 0.6) is 0 Å². The summed E-state index contributed by atoms with van der Waals surface area (Å²) in [4.78, 5) is 24.7. The average Bonchev–Trinajstić information content (AvgIpc) is 2.60. The van der Waals surface area contributed by atoms with Crippen molar-refractivity contribution in [2.75, 3.05) is 12.4 Å². The molecule has 100 valence electrons. The number of anilines is 1. The molecule has 1 aromatic heterocycles. The van der Waals surface area contributed by atoms with Gasteiger partial charge in [-0.3, -0.25) is 10.1 Å². The van der Waals surface area contributed by atoms with Gasteiger partial charge in [-0.05, 0) is 0 Å². The third kappa shape index (κ3) is 3.40. The largest absolute Gasteiger partial charge is 0.477 e. The summed E-state index contributed by atoms with van der Waals surface area (Å²) in [5.41, 5.74) is -0.0486. The van der Waals surface area contributed by atoms with E-state index in [1.54, 1.807) is 0 Å². The van der Waals surface area contributed by atoms with Crippen LogP contribution in [0.3, 0.4) is 0 Å². The second-order valence-electron chi connectivity index (χ2n) is 2.98. The van der Waals surface area contributed by atoms with Crippen LogP contribution in [0.15, 0.2) is 0 Å². The average molecular weight is 284 g/mol.